The minimum absolute atomic E-state index is 0.819. The number of hydrogen-bond donors (Lipinski definition) is 0. The van der Waals surface area contributed by atoms with Crippen LogP contribution in [0.15, 0.2) is 10.4 Å². The van der Waals surface area contributed by atoms with Crippen LogP contribution >= 0.6 is 34.0 Å². The van der Waals surface area contributed by atoms with Crippen molar-refractivity contribution in [2.24, 2.45) is 0 Å². The molecule has 1 radical (unpaired) electrons. The van der Waals surface area contributed by atoms with Gasteiger partial charge in [-0.25, -0.2) is 0 Å². The molecule has 0 saturated heterocycles. The van der Waals surface area contributed by atoms with Crippen LogP contribution in [0.1, 0.15) is 0 Å². The van der Waals surface area contributed by atoms with Crippen LogP contribution < -0.4 is 0 Å². The van der Waals surface area contributed by atoms with Crippen LogP contribution in [0.3, 0.4) is 0 Å². The third kappa shape index (κ3) is 1.32. The summed E-state index contributed by atoms with van der Waals surface area (Å²) < 4.78 is 3.60. The molecule has 0 unspecified atom stereocenters. The van der Waals surface area contributed by atoms with E-state index in [0.29, 0.717) is 0 Å². The Morgan fingerprint density at radius 3 is 3.00 bits per heavy atom. The highest BCUT2D eigenvalue weighted by Gasteiger charge is 1.88. The van der Waals surface area contributed by atoms with Gasteiger partial charge in [-0.05, 0) is 34.0 Å². The predicted octanol–water partition coefficient (Wildman–Crippen LogP) is 1.74. The molecule has 0 saturated carbocycles. The Hall–Kier alpha value is 0.260. The maximum atomic E-state index is 4.59. The Morgan fingerprint density at radius 2 is 2.71 bits per heavy atom. The number of rotatable bonds is 1. The molecule has 0 aliphatic rings. The first-order valence-electron chi connectivity index (χ1n) is 1.50. The van der Waals surface area contributed by atoms with Gasteiger partial charge in [-0.3, -0.25) is 0 Å². The first kappa shape index (κ1) is 5.40. The molecule has 0 atom stereocenters. The standard InChI is InChI=1S/C2HN2S3/c5-7-2-1-6-4-3-2/h1H. The molecule has 0 bridgehead atoms. The second kappa shape index (κ2) is 2.54. The minimum Gasteiger partial charge on any atom is -0.131 e. The number of hydrogen-bond acceptors (Lipinski definition) is 4. The number of aromatic nitrogens is 2. The molecule has 1 rings (SSSR count). The van der Waals surface area contributed by atoms with Crippen molar-refractivity contribution in [3.8, 4) is 0 Å². The fourth-order valence-electron chi connectivity index (χ4n) is 0.192. The van der Waals surface area contributed by atoms with Crippen molar-refractivity contribution in [1.29, 1.82) is 0 Å². The minimum atomic E-state index is 0.819. The average molecular weight is 149 g/mol. The molecule has 1 aromatic heterocycles. The first-order valence-corrected chi connectivity index (χ1v) is 4.08. The fourth-order valence-corrected chi connectivity index (χ4v) is 1.38. The molecule has 0 aromatic carbocycles. The van der Waals surface area contributed by atoms with E-state index in [1.165, 1.54) is 22.3 Å². The summed E-state index contributed by atoms with van der Waals surface area (Å²) in [5.74, 6) is 0. The Morgan fingerprint density at radius 1 is 1.86 bits per heavy atom. The predicted molar refractivity (Wildman–Crippen MR) is 33.4 cm³/mol. The average Bonchev–Trinajstić information content (AvgIpc) is 2.14. The van der Waals surface area contributed by atoms with E-state index in [4.69, 9.17) is 0 Å². The fraction of sp³-hybridized carbons (Fsp3) is 0. The van der Waals surface area contributed by atoms with Gasteiger partial charge in [0.25, 0.3) is 0 Å². The molecule has 7 heavy (non-hydrogen) atoms. The maximum absolute atomic E-state index is 4.59. The lowest BCUT2D eigenvalue weighted by molar-refractivity contribution is 1.04. The van der Waals surface area contributed by atoms with E-state index in [2.05, 4.69) is 21.2 Å². The smallest absolute Gasteiger partial charge is 0.131 e. The molecular weight excluding hydrogens is 148 g/mol. The van der Waals surface area contributed by atoms with Crippen LogP contribution in [0.5, 0.6) is 0 Å². The molecule has 0 spiro atoms. The Labute approximate surface area is 54.3 Å². The van der Waals surface area contributed by atoms with E-state index in [-0.39, 0.29) is 0 Å². The molecular formula is C2HN2S3. The molecule has 0 amide bonds. The van der Waals surface area contributed by atoms with Gasteiger partial charge in [0.1, 0.15) is 5.03 Å². The summed E-state index contributed by atoms with van der Waals surface area (Å²) in [7, 11) is 1.20. The van der Waals surface area contributed by atoms with Crippen molar-refractivity contribution in [1.82, 2.24) is 9.59 Å². The summed E-state index contributed by atoms with van der Waals surface area (Å²) in [5, 5.41) is 6.30. The monoisotopic (exact) mass is 149 g/mol. The number of nitrogens with zero attached hydrogens (tertiary/aromatic N) is 2. The highest BCUT2D eigenvalue weighted by atomic mass is 33.1. The van der Waals surface area contributed by atoms with Gasteiger partial charge in [-0.2, -0.15) is 0 Å². The van der Waals surface area contributed by atoms with E-state index in [1.807, 2.05) is 5.38 Å². The van der Waals surface area contributed by atoms with E-state index >= 15 is 0 Å². The van der Waals surface area contributed by atoms with Crippen LogP contribution in [-0.4, -0.2) is 9.59 Å². The van der Waals surface area contributed by atoms with E-state index in [1.54, 1.807) is 0 Å². The van der Waals surface area contributed by atoms with Gasteiger partial charge in [0.2, 0.25) is 0 Å². The largest absolute Gasteiger partial charge is 0.143 e. The normalized spacial score (nSPS) is 9.29. The third-order valence-corrected chi connectivity index (χ3v) is 1.96. The van der Waals surface area contributed by atoms with Crippen LogP contribution in [0.2, 0.25) is 0 Å². The summed E-state index contributed by atoms with van der Waals surface area (Å²) in [4.78, 5) is 0. The summed E-state index contributed by atoms with van der Waals surface area (Å²) in [5.41, 5.74) is 0. The molecule has 5 heteroatoms. The quantitative estimate of drug-likeness (QED) is 0.569. The highest BCUT2D eigenvalue weighted by Crippen LogP contribution is 2.18. The van der Waals surface area contributed by atoms with Crippen LogP contribution in [0.25, 0.3) is 0 Å². The zero-order valence-electron chi connectivity index (χ0n) is 3.20. The van der Waals surface area contributed by atoms with Gasteiger partial charge in [0.15, 0.2) is 0 Å². The second-order valence-corrected chi connectivity index (χ2v) is 2.52. The van der Waals surface area contributed by atoms with Gasteiger partial charge in [-0.15, -0.1) is 5.10 Å². The van der Waals surface area contributed by atoms with Crippen LogP contribution in [0.4, 0.5) is 0 Å². The highest BCUT2D eigenvalue weighted by molar-refractivity contribution is 8.68. The zero-order chi connectivity index (χ0) is 5.11. The van der Waals surface area contributed by atoms with E-state index < -0.39 is 0 Å². The van der Waals surface area contributed by atoms with Crippen LogP contribution in [0, 0.1) is 0 Å². The maximum Gasteiger partial charge on any atom is 0.143 e. The van der Waals surface area contributed by atoms with Crippen molar-refractivity contribution in [3.63, 3.8) is 0 Å². The summed E-state index contributed by atoms with van der Waals surface area (Å²) in [6.45, 7) is 0. The van der Waals surface area contributed by atoms with Crippen molar-refractivity contribution in [2.75, 3.05) is 0 Å². The Bertz CT molecular complexity index is 125. The topological polar surface area (TPSA) is 25.8 Å². The molecule has 0 aliphatic heterocycles. The van der Waals surface area contributed by atoms with Gasteiger partial charge in [0.05, 0.1) is 0 Å². The van der Waals surface area contributed by atoms with Gasteiger partial charge >= 0.3 is 0 Å². The lowest BCUT2D eigenvalue weighted by Crippen LogP contribution is -1.62. The van der Waals surface area contributed by atoms with Crippen molar-refractivity contribution in [3.05, 3.63) is 5.38 Å². The van der Waals surface area contributed by atoms with E-state index in [9.17, 15) is 0 Å². The zero-order valence-corrected chi connectivity index (χ0v) is 5.65. The van der Waals surface area contributed by atoms with Gasteiger partial charge < -0.3 is 0 Å². The summed E-state index contributed by atoms with van der Waals surface area (Å²) >= 11 is 5.91. The molecule has 0 N–H and O–H groups in total. The summed E-state index contributed by atoms with van der Waals surface area (Å²) in [6, 6.07) is 0. The van der Waals surface area contributed by atoms with Crippen molar-refractivity contribution < 1.29 is 0 Å². The van der Waals surface area contributed by atoms with Crippen molar-refractivity contribution >= 4 is 34.0 Å². The molecule has 0 fully saturated rings. The first-order chi connectivity index (χ1) is 3.43. The van der Waals surface area contributed by atoms with Crippen LogP contribution in [-0.2, 0) is 0 Å². The summed E-state index contributed by atoms with van der Waals surface area (Å²) in [6.07, 6.45) is 0. The second-order valence-electron chi connectivity index (χ2n) is 0.826. The molecule has 0 aliphatic carbocycles. The lowest BCUT2D eigenvalue weighted by Gasteiger charge is -1.72. The Balaban J connectivity index is 2.76. The van der Waals surface area contributed by atoms with Gasteiger partial charge in [0, 0.05) is 5.38 Å². The molecule has 37 valence electrons. The molecule has 1 aromatic rings. The third-order valence-electron chi connectivity index (χ3n) is 0.425. The SMILES string of the molecule is [S]Sc1csnn1. The molecule has 1 heterocycles. The lowest BCUT2D eigenvalue weighted by atomic mass is 11.0. The Kier molecular flexibility index (Phi) is 1.96. The van der Waals surface area contributed by atoms with Gasteiger partial charge in [-0.1, -0.05) is 4.49 Å². The molecule has 2 nitrogen and oxygen atoms in total. The van der Waals surface area contributed by atoms with E-state index in [0.717, 1.165) is 5.03 Å². The van der Waals surface area contributed by atoms with Crippen molar-refractivity contribution in [2.45, 2.75) is 5.03 Å².